The average Bonchev–Trinajstić information content (AvgIpc) is 2.51. The summed E-state index contributed by atoms with van der Waals surface area (Å²) in [4.78, 5) is 28.1. The Morgan fingerprint density at radius 2 is 1.96 bits per heavy atom. The number of carbonyl (C=O) groups is 2. The number of likely N-dealkylation sites (tertiary alicyclic amines) is 1. The van der Waals surface area contributed by atoms with E-state index in [0.29, 0.717) is 12.6 Å². The zero-order valence-corrected chi connectivity index (χ0v) is 14.3. The van der Waals surface area contributed by atoms with Crippen LogP contribution in [0.3, 0.4) is 0 Å². The van der Waals surface area contributed by atoms with Gasteiger partial charge in [-0.25, -0.2) is 0 Å². The van der Waals surface area contributed by atoms with Gasteiger partial charge in [0.05, 0.1) is 13.1 Å². The number of nitrogens with one attached hydrogen (secondary N) is 1. The molecule has 0 saturated carbocycles. The third-order valence-electron chi connectivity index (χ3n) is 4.42. The van der Waals surface area contributed by atoms with Gasteiger partial charge < -0.3 is 10.2 Å². The van der Waals surface area contributed by atoms with E-state index in [4.69, 9.17) is 0 Å². The molecule has 0 aromatic heterocycles. The zero-order chi connectivity index (χ0) is 16.8. The number of aryl methyl sites for hydroxylation is 1. The summed E-state index contributed by atoms with van der Waals surface area (Å²) >= 11 is 0. The lowest BCUT2D eigenvalue weighted by Gasteiger charge is -2.33. The standard InChI is InChI=1S/C18H27N3O2/c1-14-7-9-16(10-8-14)19-17(22)12-20(3)18(23)13-21-11-5-4-6-15(21)2/h7-10,15H,4-6,11-13H2,1-3H3,(H,19,22)/t15-/m0/s1. The molecule has 2 rings (SSSR count). The molecule has 5 nitrogen and oxygen atoms in total. The molecule has 2 amide bonds. The van der Waals surface area contributed by atoms with Gasteiger partial charge in [0.25, 0.3) is 0 Å². The summed E-state index contributed by atoms with van der Waals surface area (Å²) in [5.74, 6) is -0.172. The van der Waals surface area contributed by atoms with Crippen LogP contribution in [0.15, 0.2) is 24.3 Å². The van der Waals surface area contributed by atoms with Gasteiger partial charge in [0, 0.05) is 18.8 Å². The van der Waals surface area contributed by atoms with E-state index in [1.165, 1.54) is 11.3 Å². The summed E-state index contributed by atoms with van der Waals surface area (Å²) in [6.45, 7) is 5.61. The topological polar surface area (TPSA) is 52.7 Å². The Morgan fingerprint density at radius 3 is 2.61 bits per heavy atom. The lowest BCUT2D eigenvalue weighted by Crippen LogP contribution is -2.46. The van der Waals surface area contributed by atoms with Crippen LogP contribution in [0.5, 0.6) is 0 Å². The fraction of sp³-hybridized carbons (Fsp3) is 0.556. The highest BCUT2D eigenvalue weighted by atomic mass is 16.2. The normalized spacial score (nSPS) is 18.5. The molecule has 1 atom stereocenters. The molecule has 1 heterocycles. The predicted molar refractivity (Wildman–Crippen MR) is 92.3 cm³/mol. The number of amides is 2. The number of piperidine rings is 1. The van der Waals surface area contributed by atoms with Gasteiger partial charge in [-0.3, -0.25) is 14.5 Å². The van der Waals surface area contributed by atoms with Crippen molar-refractivity contribution in [2.75, 3.05) is 32.0 Å². The molecule has 23 heavy (non-hydrogen) atoms. The summed E-state index contributed by atoms with van der Waals surface area (Å²) < 4.78 is 0. The van der Waals surface area contributed by atoms with E-state index in [0.717, 1.165) is 30.6 Å². The second kappa shape index (κ2) is 8.11. The van der Waals surface area contributed by atoms with Gasteiger partial charge in [0.15, 0.2) is 0 Å². The first-order chi connectivity index (χ1) is 11.0. The number of hydrogen-bond acceptors (Lipinski definition) is 3. The van der Waals surface area contributed by atoms with Crippen LogP contribution in [0, 0.1) is 6.92 Å². The van der Waals surface area contributed by atoms with Crippen molar-refractivity contribution >= 4 is 17.5 Å². The van der Waals surface area contributed by atoms with Gasteiger partial charge in [0.1, 0.15) is 0 Å². The van der Waals surface area contributed by atoms with Crippen molar-refractivity contribution < 1.29 is 9.59 Å². The number of nitrogens with zero attached hydrogens (tertiary/aromatic N) is 2. The number of benzene rings is 1. The maximum Gasteiger partial charge on any atom is 0.243 e. The first-order valence-electron chi connectivity index (χ1n) is 8.30. The molecule has 1 aromatic carbocycles. The quantitative estimate of drug-likeness (QED) is 0.906. The van der Waals surface area contributed by atoms with Crippen molar-refractivity contribution in [2.45, 2.75) is 39.2 Å². The molecule has 1 aromatic rings. The second-order valence-corrected chi connectivity index (χ2v) is 6.48. The van der Waals surface area contributed by atoms with E-state index in [2.05, 4.69) is 17.1 Å². The fourth-order valence-corrected chi connectivity index (χ4v) is 2.83. The van der Waals surface area contributed by atoms with E-state index in [1.807, 2.05) is 31.2 Å². The third kappa shape index (κ3) is 5.36. The Morgan fingerprint density at radius 1 is 1.26 bits per heavy atom. The molecule has 1 aliphatic heterocycles. The molecule has 126 valence electrons. The molecular weight excluding hydrogens is 290 g/mol. The van der Waals surface area contributed by atoms with Crippen molar-refractivity contribution in [1.82, 2.24) is 9.80 Å². The minimum Gasteiger partial charge on any atom is -0.335 e. The van der Waals surface area contributed by atoms with Crippen LogP contribution in [0.25, 0.3) is 0 Å². The summed E-state index contributed by atoms with van der Waals surface area (Å²) in [7, 11) is 1.69. The molecule has 0 spiro atoms. The molecule has 0 radical (unpaired) electrons. The van der Waals surface area contributed by atoms with Gasteiger partial charge >= 0.3 is 0 Å². The molecule has 0 unspecified atom stereocenters. The molecule has 1 fully saturated rings. The van der Waals surface area contributed by atoms with E-state index in [-0.39, 0.29) is 18.4 Å². The highest BCUT2D eigenvalue weighted by Crippen LogP contribution is 2.16. The van der Waals surface area contributed by atoms with Crippen LogP contribution >= 0.6 is 0 Å². The van der Waals surface area contributed by atoms with Crippen molar-refractivity contribution in [3.05, 3.63) is 29.8 Å². The Balaban J connectivity index is 1.80. The largest absolute Gasteiger partial charge is 0.335 e. The highest BCUT2D eigenvalue weighted by molar-refractivity contribution is 5.94. The minimum atomic E-state index is -0.170. The number of rotatable bonds is 5. The summed E-state index contributed by atoms with van der Waals surface area (Å²) in [6.07, 6.45) is 3.53. The maximum absolute atomic E-state index is 12.3. The predicted octanol–water partition coefficient (Wildman–Crippen LogP) is 2.27. The van der Waals surface area contributed by atoms with Gasteiger partial charge in [-0.2, -0.15) is 0 Å². The first-order valence-corrected chi connectivity index (χ1v) is 8.30. The Bertz CT molecular complexity index is 542. The second-order valence-electron chi connectivity index (χ2n) is 6.48. The summed E-state index contributed by atoms with van der Waals surface area (Å²) in [5, 5.41) is 2.82. The van der Waals surface area contributed by atoms with Crippen LogP contribution in [0.1, 0.15) is 31.7 Å². The molecule has 1 saturated heterocycles. The van der Waals surface area contributed by atoms with Crippen LogP contribution in [-0.2, 0) is 9.59 Å². The molecule has 1 N–H and O–H groups in total. The van der Waals surface area contributed by atoms with E-state index in [1.54, 1.807) is 7.05 Å². The third-order valence-corrected chi connectivity index (χ3v) is 4.42. The van der Waals surface area contributed by atoms with Crippen molar-refractivity contribution in [3.63, 3.8) is 0 Å². The van der Waals surface area contributed by atoms with Gasteiger partial charge in [-0.1, -0.05) is 24.1 Å². The minimum absolute atomic E-state index is 0.00203. The molecule has 1 aliphatic rings. The first kappa shape index (κ1) is 17.5. The fourth-order valence-electron chi connectivity index (χ4n) is 2.83. The average molecular weight is 317 g/mol. The van der Waals surface area contributed by atoms with Crippen molar-refractivity contribution in [2.24, 2.45) is 0 Å². The van der Waals surface area contributed by atoms with Crippen LogP contribution < -0.4 is 5.32 Å². The van der Waals surface area contributed by atoms with Gasteiger partial charge in [0.2, 0.25) is 11.8 Å². The Kier molecular flexibility index (Phi) is 6.16. The number of hydrogen-bond donors (Lipinski definition) is 1. The monoisotopic (exact) mass is 317 g/mol. The summed E-state index contributed by atoms with van der Waals surface area (Å²) in [5.41, 5.74) is 1.90. The lowest BCUT2D eigenvalue weighted by molar-refractivity contribution is -0.135. The highest BCUT2D eigenvalue weighted by Gasteiger charge is 2.22. The van der Waals surface area contributed by atoms with Crippen LogP contribution in [0.2, 0.25) is 0 Å². The van der Waals surface area contributed by atoms with Crippen LogP contribution in [-0.4, -0.2) is 54.3 Å². The number of likely N-dealkylation sites (N-methyl/N-ethyl adjacent to an activating group) is 1. The summed E-state index contributed by atoms with van der Waals surface area (Å²) in [6, 6.07) is 8.07. The molecule has 0 bridgehead atoms. The lowest BCUT2D eigenvalue weighted by atomic mass is 10.0. The van der Waals surface area contributed by atoms with E-state index >= 15 is 0 Å². The molecule has 5 heteroatoms. The van der Waals surface area contributed by atoms with Gasteiger partial charge in [-0.15, -0.1) is 0 Å². The number of anilines is 1. The smallest absolute Gasteiger partial charge is 0.243 e. The maximum atomic E-state index is 12.3. The van der Waals surface area contributed by atoms with Gasteiger partial charge in [-0.05, 0) is 45.4 Å². The van der Waals surface area contributed by atoms with E-state index in [9.17, 15) is 9.59 Å². The van der Waals surface area contributed by atoms with Crippen molar-refractivity contribution in [3.8, 4) is 0 Å². The van der Waals surface area contributed by atoms with Crippen LogP contribution in [0.4, 0.5) is 5.69 Å². The SMILES string of the molecule is Cc1ccc(NC(=O)CN(C)C(=O)CN2CCCC[C@@H]2C)cc1. The Hall–Kier alpha value is -1.88. The number of carbonyl (C=O) groups excluding carboxylic acids is 2. The van der Waals surface area contributed by atoms with E-state index < -0.39 is 0 Å². The molecular formula is C18H27N3O2. The Labute approximate surface area is 138 Å². The molecule has 0 aliphatic carbocycles. The zero-order valence-electron chi connectivity index (χ0n) is 14.3. The van der Waals surface area contributed by atoms with Crippen molar-refractivity contribution in [1.29, 1.82) is 0 Å².